The first-order valence-electron chi connectivity index (χ1n) is 18.9. The van der Waals surface area contributed by atoms with Gasteiger partial charge < -0.3 is 4.40 Å². The predicted molar refractivity (Wildman–Crippen MR) is 219 cm³/mol. The van der Waals surface area contributed by atoms with Crippen LogP contribution in [0, 0.1) is 0 Å². The fourth-order valence-electron chi connectivity index (χ4n) is 9.64. The molecule has 0 saturated carbocycles. The molecule has 1 aliphatic heterocycles. The molecule has 2 aliphatic rings. The van der Waals surface area contributed by atoms with Gasteiger partial charge in [-0.2, -0.15) is 0 Å². The molecule has 0 radical (unpaired) electrons. The maximum atomic E-state index is 15.6. The Morgan fingerprint density at radius 3 is 1.19 bits per heavy atom. The highest BCUT2D eigenvalue weighted by Crippen LogP contribution is 2.61. The lowest BCUT2D eigenvalue weighted by molar-refractivity contribution is 0.575. The van der Waals surface area contributed by atoms with Gasteiger partial charge >= 0.3 is 0 Å². The van der Waals surface area contributed by atoms with Crippen LogP contribution in [0.4, 0.5) is 0 Å². The molecule has 0 amide bonds. The third kappa shape index (κ3) is 3.98. The van der Waals surface area contributed by atoms with Crippen LogP contribution < -0.4 is 10.9 Å². The second-order valence-corrected chi connectivity index (χ2v) is 19.7. The second kappa shape index (κ2) is 9.81. The van der Waals surface area contributed by atoms with E-state index in [-0.39, 0.29) is 32.5 Å². The number of hydrogen-bond acceptors (Lipinski definition) is 2. The summed E-state index contributed by atoms with van der Waals surface area (Å²) in [5, 5.41) is 2.80. The highest BCUT2D eigenvalue weighted by molar-refractivity contribution is 6.14. The Morgan fingerprint density at radius 2 is 0.827 bits per heavy atom. The molecule has 0 fully saturated rings. The van der Waals surface area contributed by atoms with E-state index in [1.54, 1.807) is 0 Å². The Balaban J connectivity index is 1.72. The summed E-state index contributed by atoms with van der Waals surface area (Å²) < 4.78 is 2.38. The lowest BCUT2D eigenvalue weighted by Crippen LogP contribution is -2.36. The van der Waals surface area contributed by atoms with Gasteiger partial charge in [-0.15, -0.1) is 0 Å². The molecular weight excluding hydrogens is 635 g/mol. The van der Waals surface area contributed by atoms with Crippen molar-refractivity contribution in [1.82, 2.24) is 4.40 Å². The van der Waals surface area contributed by atoms with E-state index in [2.05, 4.69) is 166 Å². The van der Waals surface area contributed by atoms with Crippen LogP contribution >= 0.6 is 0 Å². The average Bonchev–Trinajstić information content (AvgIpc) is 3.35. The SMILES string of the molecule is CC(C)(C)c1cc2c3c(c1)c(=O)c1c(C(C)(C)C)cc(C(C)(C)C)c4c(=O)c5cc(C(C)(C)C)cc(c5n3c14)C21c2ccccc2-c2ccccc21. The minimum absolute atomic E-state index is 0.0148. The van der Waals surface area contributed by atoms with E-state index in [0.29, 0.717) is 10.8 Å². The van der Waals surface area contributed by atoms with Gasteiger partial charge in [-0.1, -0.05) is 150 Å². The van der Waals surface area contributed by atoms with Gasteiger partial charge in [-0.3, -0.25) is 9.59 Å². The first-order valence-corrected chi connectivity index (χ1v) is 18.9. The first-order chi connectivity index (χ1) is 24.2. The number of aromatic nitrogens is 1. The summed E-state index contributed by atoms with van der Waals surface area (Å²) in [7, 11) is 0. The van der Waals surface area contributed by atoms with Crippen LogP contribution in [-0.4, -0.2) is 4.40 Å². The van der Waals surface area contributed by atoms with Gasteiger partial charge in [0.05, 0.1) is 32.7 Å². The van der Waals surface area contributed by atoms with Crippen molar-refractivity contribution in [3.05, 3.63) is 144 Å². The van der Waals surface area contributed by atoms with Gasteiger partial charge in [0.15, 0.2) is 10.9 Å². The van der Waals surface area contributed by atoms with E-state index in [0.717, 1.165) is 60.7 Å². The number of fused-ring (bicyclic) bond motifs is 7. The molecule has 1 spiro atoms. The molecule has 0 N–H and O–H groups in total. The third-order valence-electron chi connectivity index (χ3n) is 12.2. The Morgan fingerprint density at radius 1 is 0.442 bits per heavy atom. The third-order valence-corrected chi connectivity index (χ3v) is 12.2. The Bertz CT molecular complexity index is 2670. The number of rotatable bonds is 0. The summed E-state index contributed by atoms with van der Waals surface area (Å²) in [4.78, 5) is 31.2. The minimum atomic E-state index is -0.746. The first kappa shape index (κ1) is 33.1. The molecule has 2 aromatic heterocycles. The minimum Gasteiger partial charge on any atom is -0.307 e. The molecule has 5 aromatic carbocycles. The zero-order valence-electron chi connectivity index (χ0n) is 32.8. The normalized spacial score (nSPS) is 15.2. The predicted octanol–water partition coefficient (Wildman–Crippen LogP) is 11.4. The molecule has 1 aliphatic carbocycles. The van der Waals surface area contributed by atoms with Crippen LogP contribution in [0.3, 0.4) is 0 Å². The zero-order chi connectivity index (χ0) is 37.2. The molecule has 3 heterocycles. The smallest absolute Gasteiger partial charge is 0.197 e. The second-order valence-electron chi connectivity index (χ2n) is 19.7. The maximum absolute atomic E-state index is 15.6. The monoisotopic (exact) mass is 683 g/mol. The van der Waals surface area contributed by atoms with Gasteiger partial charge in [0, 0.05) is 10.8 Å². The summed E-state index contributed by atoms with van der Waals surface area (Å²) in [6.45, 7) is 26.6. The van der Waals surface area contributed by atoms with Gasteiger partial charge in [-0.25, -0.2) is 0 Å². The Labute approximate surface area is 306 Å². The van der Waals surface area contributed by atoms with Crippen molar-refractivity contribution in [2.45, 2.75) is 110 Å². The largest absolute Gasteiger partial charge is 0.307 e. The van der Waals surface area contributed by atoms with Crippen molar-refractivity contribution in [3.63, 3.8) is 0 Å². The molecular formula is C49H49NO2. The van der Waals surface area contributed by atoms with E-state index < -0.39 is 5.41 Å². The number of pyridine rings is 2. The van der Waals surface area contributed by atoms with Crippen molar-refractivity contribution in [1.29, 1.82) is 0 Å². The molecule has 262 valence electrons. The van der Waals surface area contributed by atoms with Gasteiger partial charge in [0.2, 0.25) is 0 Å². The molecule has 0 atom stereocenters. The van der Waals surface area contributed by atoms with E-state index in [1.807, 2.05) is 0 Å². The Kier molecular flexibility index (Phi) is 6.24. The summed E-state index contributed by atoms with van der Waals surface area (Å²) in [5.41, 5.74) is 12.1. The van der Waals surface area contributed by atoms with Crippen LogP contribution in [-0.2, 0) is 27.1 Å². The van der Waals surface area contributed by atoms with Gasteiger partial charge in [0.1, 0.15) is 0 Å². The molecule has 0 saturated heterocycles. The van der Waals surface area contributed by atoms with Crippen molar-refractivity contribution in [3.8, 4) is 11.1 Å². The lowest BCUT2D eigenvalue weighted by Gasteiger charge is -2.41. The molecule has 0 bridgehead atoms. The molecule has 3 nitrogen and oxygen atoms in total. The van der Waals surface area contributed by atoms with Crippen LogP contribution in [0.5, 0.6) is 0 Å². The van der Waals surface area contributed by atoms with Crippen LogP contribution in [0.1, 0.15) is 128 Å². The van der Waals surface area contributed by atoms with Crippen molar-refractivity contribution < 1.29 is 0 Å². The molecule has 9 rings (SSSR count). The summed E-state index contributed by atoms with van der Waals surface area (Å²) >= 11 is 0. The molecule has 3 heteroatoms. The molecule has 7 aromatic rings. The highest BCUT2D eigenvalue weighted by Gasteiger charge is 2.51. The number of nitrogens with zero attached hydrogens (tertiary/aromatic N) is 1. The maximum Gasteiger partial charge on any atom is 0.197 e. The van der Waals surface area contributed by atoms with Crippen LogP contribution in [0.15, 0.2) is 88.5 Å². The summed E-state index contributed by atoms with van der Waals surface area (Å²) in [5.74, 6) is 0. The lowest BCUT2D eigenvalue weighted by atomic mass is 9.63. The molecule has 0 unspecified atom stereocenters. The average molecular weight is 684 g/mol. The van der Waals surface area contributed by atoms with E-state index in [9.17, 15) is 0 Å². The van der Waals surface area contributed by atoms with Gasteiger partial charge in [-0.05, 0) is 89.4 Å². The van der Waals surface area contributed by atoms with Crippen molar-refractivity contribution in [2.75, 3.05) is 0 Å². The Hall–Kier alpha value is -4.76. The van der Waals surface area contributed by atoms with E-state index >= 15 is 9.59 Å². The van der Waals surface area contributed by atoms with Gasteiger partial charge in [0.25, 0.3) is 0 Å². The topological polar surface area (TPSA) is 38.5 Å². The zero-order valence-corrected chi connectivity index (χ0v) is 32.8. The summed E-state index contributed by atoms with van der Waals surface area (Å²) in [6.07, 6.45) is 0. The number of benzene rings is 5. The fourth-order valence-corrected chi connectivity index (χ4v) is 9.64. The van der Waals surface area contributed by atoms with E-state index in [4.69, 9.17) is 0 Å². The number of hydrogen-bond donors (Lipinski definition) is 0. The summed E-state index contributed by atoms with van der Waals surface area (Å²) in [6, 6.07) is 28.9. The fraction of sp³-hybridized carbons (Fsp3) is 0.347. The van der Waals surface area contributed by atoms with Crippen molar-refractivity contribution >= 4 is 38.1 Å². The standard InChI is InChI=1S/C49H49NO2/c1-45(2,3)26-21-30-40-36(23-26)49(32-19-15-13-17-28(32)29-18-14-16-20-33(29)49)37-24-27(46(4,5)6)22-31-41(37)50(40)42-38(43(30)51)34(47(7,8)9)25-35(48(10,11)12)39(42)44(31)52/h13-25H,1-12H3. The van der Waals surface area contributed by atoms with E-state index in [1.165, 1.54) is 22.3 Å². The van der Waals surface area contributed by atoms with Crippen LogP contribution in [0.2, 0.25) is 0 Å². The van der Waals surface area contributed by atoms with Crippen molar-refractivity contribution in [2.24, 2.45) is 0 Å². The quantitative estimate of drug-likeness (QED) is 0.118. The van der Waals surface area contributed by atoms with Crippen LogP contribution in [0.25, 0.3) is 49.2 Å². The highest BCUT2D eigenvalue weighted by atomic mass is 16.1. The molecule has 52 heavy (non-hydrogen) atoms.